The van der Waals surface area contributed by atoms with Crippen LogP contribution in [0.2, 0.25) is 20.9 Å². The average molecular weight is 1260 g/mol. The number of hydrogen-bond acceptors (Lipinski definition) is 17. The van der Waals surface area contributed by atoms with Gasteiger partial charge in [-0.15, -0.1) is 0 Å². The summed E-state index contributed by atoms with van der Waals surface area (Å²) in [4.78, 5) is 44.5. The molecule has 3 aromatic carbocycles. The number of sulfonamides is 1. The molecule has 4 heterocycles. The molecule has 76 heavy (non-hydrogen) atoms. The van der Waals surface area contributed by atoms with E-state index in [4.69, 9.17) is 66.2 Å². The van der Waals surface area contributed by atoms with Gasteiger partial charge in [0.05, 0.1) is 61.7 Å². The van der Waals surface area contributed by atoms with Crippen molar-refractivity contribution in [3.05, 3.63) is 143 Å². The first-order valence-electron chi connectivity index (χ1n) is 20.5. The number of piperidine rings is 1. The molecule has 0 saturated carbocycles. The third kappa shape index (κ3) is 18.8. The fourth-order valence-electron chi connectivity index (χ4n) is 6.09. The Labute approximate surface area is 457 Å². The highest BCUT2D eigenvalue weighted by atomic mass is 79.9. The number of carbonyl (C=O) groups excluding carboxylic acids is 2. The van der Waals surface area contributed by atoms with E-state index in [0.29, 0.717) is 41.8 Å². The van der Waals surface area contributed by atoms with E-state index in [1.165, 1.54) is 56.4 Å². The number of carbonyl (C=O) groups is 2. The zero-order valence-corrected chi connectivity index (χ0v) is 45.8. The molecule has 1 saturated heterocycles. The highest BCUT2D eigenvalue weighted by molar-refractivity contribution is 9.10. The van der Waals surface area contributed by atoms with E-state index in [0.717, 1.165) is 30.5 Å². The van der Waals surface area contributed by atoms with Gasteiger partial charge in [-0.2, -0.15) is 8.42 Å². The second kappa shape index (κ2) is 29.1. The molecule has 6 aromatic rings. The number of rotatable bonds is 11. The minimum atomic E-state index is -3.67. The van der Waals surface area contributed by atoms with Crippen molar-refractivity contribution in [3.63, 3.8) is 0 Å². The minimum Gasteiger partial charge on any atom is -0.496 e. The SMILES string of the molecule is COc1ccc(F)c(F)c1C(=O)c1c[nH+]c(NC2CCN(S(C)(=O)=O)CC2)nc1N.COc1ccc(F)c(F)c1C(O)c1cnc(Cl)nc1Cl.COc1ccc(F)c(F)c1C=O.CS(=O)(=O)O.Clc1ncc(Br)c(Cl)n1. The fraction of sp³-hybridized carbons (Fsp3) is 0.256. The zero-order valence-electron chi connectivity index (χ0n) is 39.6. The summed E-state index contributed by atoms with van der Waals surface area (Å²) in [6, 6.07) is 6.15. The highest BCUT2D eigenvalue weighted by Crippen LogP contribution is 2.36. The van der Waals surface area contributed by atoms with E-state index >= 15 is 0 Å². The lowest BCUT2D eigenvalue weighted by Gasteiger charge is -2.28. The summed E-state index contributed by atoms with van der Waals surface area (Å²) in [5.74, 6) is -8.01. The Morgan fingerprint density at radius 3 is 1.76 bits per heavy atom. The van der Waals surface area contributed by atoms with Crippen molar-refractivity contribution in [3.8, 4) is 17.2 Å². The number of nitrogens with zero attached hydrogens (tertiary/aromatic N) is 6. The maximum Gasteiger partial charge on any atom is 0.391 e. The molecular formula is C43H41BrCl4F6N9O11S2+. The smallest absolute Gasteiger partial charge is 0.391 e. The lowest BCUT2D eigenvalue weighted by atomic mass is 10.0. The van der Waals surface area contributed by atoms with Crippen LogP contribution in [0.4, 0.5) is 38.1 Å². The molecule has 0 spiro atoms. The molecule has 0 bridgehead atoms. The van der Waals surface area contributed by atoms with Gasteiger partial charge in [-0.25, -0.2) is 64.0 Å². The van der Waals surface area contributed by atoms with Crippen molar-refractivity contribution < 1.29 is 81.6 Å². The molecule has 1 unspecified atom stereocenters. The average Bonchev–Trinajstić information content (AvgIpc) is 3.35. The van der Waals surface area contributed by atoms with Crippen molar-refractivity contribution in [1.82, 2.24) is 29.2 Å². The molecule has 0 aliphatic carbocycles. The molecule has 1 fully saturated rings. The van der Waals surface area contributed by atoms with Gasteiger partial charge in [0, 0.05) is 31.0 Å². The van der Waals surface area contributed by atoms with Gasteiger partial charge in [0.25, 0.3) is 10.1 Å². The van der Waals surface area contributed by atoms with E-state index in [1.54, 1.807) is 0 Å². The predicted molar refractivity (Wildman–Crippen MR) is 269 cm³/mol. The van der Waals surface area contributed by atoms with E-state index < -0.39 is 78.1 Å². The Hall–Kier alpha value is -5.76. The number of hydrogen-bond donors (Lipinski definition) is 4. The summed E-state index contributed by atoms with van der Waals surface area (Å²) < 4.78 is 146. The van der Waals surface area contributed by atoms with Gasteiger partial charge in [-0.3, -0.25) is 19.5 Å². The number of aliphatic hydroxyl groups excluding tert-OH is 1. The first-order chi connectivity index (χ1) is 35.5. The van der Waals surface area contributed by atoms with E-state index in [-0.39, 0.29) is 73.8 Å². The van der Waals surface area contributed by atoms with Crippen molar-refractivity contribution in [1.29, 1.82) is 0 Å². The van der Waals surface area contributed by atoms with Crippen molar-refractivity contribution >= 4 is 106 Å². The minimum absolute atomic E-state index is 0.0149. The predicted octanol–water partition coefficient (Wildman–Crippen LogP) is 7.82. The number of aromatic nitrogens is 6. The van der Waals surface area contributed by atoms with Crippen molar-refractivity contribution in [2.45, 2.75) is 25.0 Å². The summed E-state index contributed by atoms with van der Waals surface area (Å²) in [5.41, 5.74) is 4.37. The number of aromatic amines is 1. The van der Waals surface area contributed by atoms with Gasteiger partial charge in [-0.05, 0) is 88.4 Å². The molecule has 3 aromatic heterocycles. The van der Waals surface area contributed by atoms with Gasteiger partial charge >= 0.3 is 5.95 Å². The Bertz CT molecular complexity index is 3270. The largest absolute Gasteiger partial charge is 0.496 e. The van der Waals surface area contributed by atoms with Crippen LogP contribution in [0.3, 0.4) is 0 Å². The summed E-state index contributed by atoms with van der Waals surface area (Å²) in [6.07, 6.45) is 5.52. The quantitative estimate of drug-likeness (QED) is 0.0240. The van der Waals surface area contributed by atoms with Gasteiger partial charge in [0.15, 0.2) is 41.2 Å². The van der Waals surface area contributed by atoms with Crippen LogP contribution in [0.1, 0.15) is 56.4 Å². The monoisotopic (exact) mass is 1260 g/mol. The Morgan fingerprint density at radius 2 is 1.29 bits per heavy atom. The zero-order chi connectivity index (χ0) is 57.4. The molecule has 6 N–H and O–H groups in total. The number of nitrogens with two attached hydrogens (primary N) is 1. The molecule has 1 aliphatic rings. The molecule has 33 heteroatoms. The third-order valence-corrected chi connectivity index (χ3v) is 12.7. The van der Waals surface area contributed by atoms with E-state index in [9.17, 15) is 57.9 Å². The molecule has 20 nitrogen and oxygen atoms in total. The van der Waals surface area contributed by atoms with E-state index in [1.807, 2.05) is 0 Å². The van der Waals surface area contributed by atoms with Crippen LogP contribution in [-0.4, -0.2) is 121 Å². The van der Waals surface area contributed by atoms with Crippen LogP contribution in [-0.2, 0) is 20.1 Å². The number of benzene rings is 3. The number of halogens is 11. The Kier molecular flexibility index (Phi) is 24.7. The first-order valence-corrected chi connectivity index (χ1v) is 26.5. The molecule has 1 aliphatic heterocycles. The number of ketones is 1. The number of ether oxygens (including phenoxy) is 3. The van der Waals surface area contributed by atoms with Crippen LogP contribution >= 0.6 is 62.3 Å². The number of anilines is 2. The fourth-order valence-corrected chi connectivity index (χ4v) is 7.87. The molecule has 0 amide bonds. The number of aliphatic hydroxyl groups is 1. The van der Waals surface area contributed by atoms with Crippen LogP contribution in [0.5, 0.6) is 17.2 Å². The Morgan fingerprint density at radius 1 is 0.803 bits per heavy atom. The molecule has 0 radical (unpaired) electrons. The topological polar surface area (TPSA) is 290 Å². The van der Waals surface area contributed by atoms with Gasteiger partial charge in [0.1, 0.15) is 44.8 Å². The van der Waals surface area contributed by atoms with Crippen LogP contribution < -0.4 is 30.2 Å². The van der Waals surface area contributed by atoms with Crippen LogP contribution in [0.15, 0.2) is 59.5 Å². The van der Waals surface area contributed by atoms with Crippen molar-refractivity contribution in [2.75, 3.05) is 58.0 Å². The summed E-state index contributed by atoms with van der Waals surface area (Å²) >= 11 is 25.4. The number of nitrogen functional groups attached to an aromatic ring is 1. The maximum absolute atomic E-state index is 14.2. The number of aldehydes is 1. The number of H-pyrrole nitrogens is 1. The van der Waals surface area contributed by atoms with Gasteiger partial charge in [0.2, 0.25) is 32.2 Å². The lowest BCUT2D eigenvalue weighted by molar-refractivity contribution is -0.365. The van der Waals surface area contributed by atoms with Crippen LogP contribution in [0.25, 0.3) is 0 Å². The van der Waals surface area contributed by atoms with Gasteiger partial charge < -0.3 is 25.1 Å². The van der Waals surface area contributed by atoms with E-state index in [2.05, 4.69) is 55.9 Å². The number of nitrogens with one attached hydrogen (secondary N) is 2. The first kappa shape index (κ1) is 64.5. The van der Waals surface area contributed by atoms with Gasteiger partial charge in [-0.1, -0.05) is 28.2 Å². The second-order valence-electron chi connectivity index (χ2n) is 14.8. The lowest BCUT2D eigenvalue weighted by Crippen LogP contribution is -2.42. The number of methoxy groups -OCH3 is 3. The Balaban J connectivity index is 0.000000283. The summed E-state index contributed by atoms with van der Waals surface area (Å²) in [5, 5.41) is 13.5. The third-order valence-electron chi connectivity index (χ3n) is 9.60. The summed E-state index contributed by atoms with van der Waals surface area (Å²) in [7, 11) is -3.11. The standard InChI is InChI=1S/C18H21F2N5O4S.C12H8Cl2F2N2O2.C8H6F2O2.C4HBrCl2N2.CH4O3S/c1-29-13-4-3-12(19)15(20)14(13)16(26)11-9-22-18(24-17(11)21)23-10-5-7-25(8-6-10)30(2,27)28;1-20-7-3-2-6(15)9(16)8(7)10(19)5-4-17-12(14)18-11(5)13;1-12-7-3-2-6(9)8(10)5(7)4-11;5-2-1-8-4(7)9-3(2)6;1-5(2,3)4/h3-4,9-10H,5-8H2,1-2H3,(H3,21,22,23,24);2-4,10,19H,1H3;2-4H,1H3;1H;1H3,(H,2,3,4)/p+1. The molecule has 412 valence electrons. The van der Waals surface area contributed by atoms with Crippen LogP contribution in [0, 0.1) is 34.9 Å². The van der Waals surface area contributed by atoms with Crippen molar-refractivity contribution in [2.24, 2.45) is 0 Å². The maximum atomic E-state index is 14.2. The molecule has 7 rings (SSSR count). The molecule has 1 atom stereocenters. The molecular weight excluding hydrogens is 1220 g/mol. The summed E-state index contributed by atoms with van der Waals surface area (Å²) in [6.45, 7) is 0.752. The normalized spacial score (nSPS) is 12.9. The second-order valence-corrected chi connectivity index (χ2v) is 20.5. The highest BCUT2D eigenvalue weighted by Gasteiger charge is 2.30.